The van der Waals surface area contributed by atoms with Gasteiger partial charge in [0.25, 0.3) is 0 Å². The Bertz CT molecular complexity index is 2290. The number of carboxylic acid groups (broad SMARTS) is 1. The van der Waals surface area contributed by atoms with E-state index in [2.05, 4.69) is 26.8 Å². The predicted octanol–water partition coefficient (Wildman–Crippen LogP) is -1.32. The van der Waals surface area contributed by atoms with Gasteiger partial charge in [0.05, 0.1) is 44.1 Å². The van der Waals surface area contributed by atoms with Crippen LogP contribution < -0.4 is 0 Å². The highest BCUT2D eigenvalue weighted by Gasteiger charge is 2.74. The zero-order valence-corrected chi connectivity index (χ0v) is 46.4. The van der Waals surface area contributed by atoms with Crippen molar-refractivity contribution in [1.82, 2.24) is 0 Å². The summed E-state index contributed by atoms with van der Waals surface area (Å²) in [5, 5.41) is 143. The van der Waals surface area contributed by atoms with Gasteiger partial charge in [-0.1, -0.05) is 59.3 Å². The molecule has 8 rings (SSSR count). The number of hydrogen-bond acceptors (Lipinski definition) is 23. The van der Waals surface area contributed by atoms with Crippen molar-refractivity contribution in [2.45, 2.75) is 224 Å². The van der Waals surface area contributed by atoms with Crippen molar-refractivity contribution in [3.05, 3.63) is 23.3 Å². The van der Waals surface area contributed by atoms with Crippen molar-refractivity contribution < 1.29 is 119 Å². The van der Waals surface area contributed by atoms with Gasteiger partial charge in [0.1, 0.15) is 79.4 Å². The fraction of sp³-hybridized carbons (Fsp3) is 0.873. The number of fused-ring (bicyclic) bond motifs is 7. The number of carbonyl (C=O) groups excluding carboxylic acids is 2. The molecular formula is C55H86O24. The number of carboxylic acids is 1. The van der Waals surface area contributed by atoms with E-state index in [1.807, 2.05) is 20.8 Å². The van der Waals surface area contributed by atoms with E-state index in [4.69, 9.17) is 37.9 Å². The van der Waals surface area contributed by atoms with Gasteiger partial charge in [-0.25, -0.2) is 9.59 Å². The van der Waals surface area contributed by atoms with Crippen LogP contribution in [0.5, 0.6) is 0 Å². The second-order valence-electron chi connectivity index (χ2n) is 25.5. The molecule has 0 aromatic carbocycles. The maximum atomic E-state index is 13.4. The monoisotopic (exact) mass is 1130 g/mol. The van der Waals surface area contributed by atoms with Gasteiger partial charge in [-0.2, -0.15) is 0 Å². The summed E-state index contributed by atoms with van der Waals surface area (Å²) in [5.41, 5.74) is -3.78. The van der Waals surface area contributed by atoms with Crippen LogP contribution in [0.2, 0.25) is 0 Å². The van der Waals surface area contributed by atoms with Crippen LogP contribution in [0.1, 0.15) is 107 Å². The third-order valence-electron chi connectivity index (χ3n) is 21.1. The quantitative estimate of drug-likeness (QED) is 0.0415. The molecule has 8 aliphatic rings. The maximum absolute atomic E-state index is 13.4. The summed E-state index contributed by atoms with van der Waals surface area (Å²) in [4.78, 5) is 39.5. The standard InChI is InChI=1S/C55H86O24/c1-10-23(2)46(71)79-43-44(72-24(3)60)55(22-59)26(17-50(43,4)5)25-11-12-30-51(6)15-14-32(52(7,21-58)29(51)13-16-53(30,8)54(25,9)18-31(55)61)75-49-41(77-48-38(67)36(65)34(63)28(20-57)74-48)39(68)40(42(78-49)45(69)70)76-47-37(66)35(64)33(62)27(19-56)73-47/h10-11,26-44,47-49,56-59,61-68H,12-22H2,1-9H3,(H,69,70)/t26?,27?,28?,29?,30?,31-,32+,33-,34-,35-,36-,37?,38?,39-,40+,41?,42?,43+,44+,47+,48+,49-,51+,52+,53-,54-,55+/m1/s1. The van der Waals surface area contributed by atoms with E-state index in [1.54, 1.807) is 19.9 Å². The number of esters is 2. The number of aliphatic carboxylic acids is 1. The van der Waals surface area contributed by atoms with Gasteiger partial charge >= 0.3 is 17.9 Å². The molecule has 13 N–H and O–H groups in total. The summed E-state index contributed by atoms with van der Waals surface area (Å²) in [6, 6.07) is 0. The Labute approximate surface area is 459 Å². The van der Waals surface area contributed by atoms with Crippen LogP contribution in [-0.2, 0) is 52.3 Å². The molecule has 0 amide bonds. The molecule has 24 heteroatoms. The molecule has 3 saturated heterocycles. The minimum absolute atomic E-state index is 0.0849. The molecular weight excluding hydrogens is 1040 g/mol. The number of rotatable bonds is 14. The predicted molar refractivity (Wildman–Crippen MR) is 269 cm³/mol. The summed E-state index contributed by atoms with van der Waals surface area (Å²) in [7, 11) is 0. The Morgan fingerprint density at radius 2 is 1.24 bits per heavy atom. The molecule has 4 saturated carbocycles. The first kappa shape index (κ1) is 62.2. The molecule has 3 aliphatic heterocycles. The van der Waals surface area contributed by atoms with Crippen LogP contribution in [0.4, 0.5) is 0 Å². The zero-order chi connectivity index (χ0) is 58.4. The van der Waals surface area contributed by atoms with Crippen LogP contribution in [-0.4, -0.2) is 227 Å². The number of carbonyl (C=O) groups is 3. The normalized spacial score (nSPS) is 50.6. The average Bonchev–Trinajstić information content (AvgIpc) is 3.25. The van der Waals surface area contributed by atoms with Crippen molar-refractivity contribution in [3.8, 4) is 0 Å². The number of allylic oxidation sites excluding steroid dienone is 3. The Kier molecular flexibility index (Phi) is 17.8. The highest BCUT2D eigenvalue weighted by molar-refractivity contribution is 5.87. The molecule has 0 spiro atoms. The van der Waals surface area contributed by atoms with E-state index in [9.17, 15) is 80.8 Å². The highest BCUT2D eigenvalue weighted by atomic mass is 16.8. The molecule has 79 heavy (non-hydrogen) atoms. The zero-order valence-electron chi connectivity index (χ0n) is 46.4. The minimum atomic E-state index is -2.18. The number of hydrogen-bond donors (Lipinski definition) is 13. The fourth-order valence-electron chi connectivity index (χ4n) is 16.2. The van der Waals surface area contributed by atoms with Gasteiger partial charge in [-0.3, -0.25) is 4.79 Å². The van der Waals surface area contributed by atoms with Crippen LogP contribution in [0.15, 0.2) is 23.3 Å². The van der Waals surface area contributed by atoms with E-state index in [0.29, 0.717) is 37.7 Å². The largest absolute Gasteiger partial charge is 0.479 e. The molecule has 0 bridgehead atoms. The smallest absolute Gasteiger partial charge is 0.335 e. The number of ether oxygens (including phenoxy) is 8. The van der Waals surface area contributed by atoms with E-state index < -0.39 is 199 Å². The Hall–Kier alpha value is -2.83. The van der Waals surface area contributed by atoms with E-state index in [1.165, 1.54) is 6.92 Å². The average molecular weight is 1130 g/mol. The van der Waals surface area contributed by atoms with Gasteiger partial charge in [-0.15, -0.1) is 0 Å². The van der Waals surface area contributed by atoms with E-state index in [-0.39, 0.29) is 24.7 Å². The molecule has 0 radical (unpaired) electrons. The highest BCUT2D eigenvalue weighted by Crippen LogP contribution is 2.76. The van der Waals surface area contributed by atoms with Gasteiger partial charge in [0, 0.05) is 23.3 Å². The second kappa shape index (κ2) is 22.6. The third kappa shape index (κ3) is 9.94. The first-order valence-corrected chi connectivity index (χ1v) is 27.7. The summed E-state index contributed by atoms with van der Waals surface area (Å²) >= 11 is 0. The van der Waals surface area contributed by atoms with E-state index >= 15 is 0 Å². The fourth-order valence-corrected chi connectivity index (χ4v) is 16.2. The van der Waals surface area contributed by atoms with Crippen molar-refractivity contribution >= 4 is 17.9 Å². The molecule has 450 valence electrons. The molecule has 7 fully saturated rings. The number of aliphatic hydroxyl groups is 12. The van der Waals surface area contributed by atoms with Crippen molar-refractivity contribution in [2.24, 2.45) is 50.2 Å². The molecule has 5 aliphatic carbocycles. The molecule has 24 nitrogen and oxygen atoms in total. The summed E-state index contributed by atoms with van der Waals surface area (Å²) in [5.74, 6) is -3.88. The SMILES string of the molecule is CC=C(C)C(=O)O[C@H]1[C@H](OC(C)=O)[C@@]2(CO)C(CC1(C)C)C1=CCC3[C@@]4(C)CC[C@H](O[C@@H]5OC(C(=O)O)[C@@H](O[C@@H]6OC(CO)[C@@H](O)[C@@H](O)C6O)[C@@H](O)C5O[C@@H]5OC(CO)[C@@H](O)[C@@H](O)C5O)[C@@](C)(CO)C4CC[C@@]3(C)[C@]1(C)C[C@H]2O. The first-order chi connectivity index (χ1) is 36.9. The van der Waals surface area contributed by atoms with Gasteiger partial charge in [-0.05, 0) is 92.8 Å². The molecule has 3 heterocycles. The lowest BCUT2D eigenvalue weighted by Crippen LogP contribution is -2.72. The maximum Gasteiger partial charge on any atom is 0.335 e. The van der Waals surface area contributed by atoms with Gasteiger partial charge in [0.2, 0.25) is 0 Å². The van der Waals surface area contributed by atoms with Crippen LogP contribution in [0.25, 0.3) is 0 Å². The third-order valence-corrected chi connectivity index (χ3v) is 21.1. The lowest BCUT2D eigenvalue weighted by molar-refractivity contribution is -0.392. The topological polar surface area (TPSA) is 388 Å². The molecule has 0 aromatic heterocycles. The van der Waals surface area contributed by atoms with Crippen LogP contribution in [0, 0.1) is 50.2 Å². The van der Waals surface area contributed by atoms with Crippen molar-refractivity contribution in [1.29, 1.82) is 0 Å². The van der Waals surface area contributed by atoms with Crippen LogP contribution >= 0.6 is 0 Å². The summed E-state index contributed by atoms with van der Waals surface area (Å²) in [6.07, 6.45) is -26.5. The van der Waals surface area contributed by atoms with Crippen LogP contribution in [0.3, 0.4) is 0 Å². The lowest BCUT2D eigenvalue weighted by atomic mass is 9.33. The van der Waals surface area contributed by atoms with E-state index in [0.717, 1.165) is 5.57 Å². The minimum Gasteiger partial charge on any atom is -0.479 e. The summed E-state index contributed by atoms with van der Waals surface area (Å²) in [6.45, 7) is 14.1. The first-order valence-electron chi connectivity index (χ1n) is 27.7. The van der Waals surface area contributed by atoms with Crippen molar-refractivity contribution in [3.63, 3.8) is 0 Å². The molecule has 27 atom stereocenters. The molecule has 0 aromatic rings. The number of aliphatic hydroxyl groups excluding tert-OH is 12. The Balaban J connectivity index is 1.12. The summed E-state index contributed by atoms with van der Waals surface area (Å²) < 4.78 is 48.2. The van der Waals surface area contributed by atoms with Gasteiger partial charge < -0.3 is 104 Å². The van der Waals surface area contributed by atoms with Crippen molar-refractivity contribution in [2.75, 3.05) is 26.4 Å². The molecule has 9 unspecified atom stereocenters. The lowest BCUT2D eigenvalue weighted by Gasteiger charge is -2.72. The Morgan fingerprint density at radius 3 is 1.76 bits per heavy atom. The van der Waals surface area contributed by atoms with Gasteiger partial charge in [0.15, 0.2) is 25.0 Å². The second-order valence-corrected chi connectivity index (χ2v) is 25.5. The Morgan fingerprint density at radius 1 is 0.658 bits per heavy atom.